The van der Waals surface area contributed by atoms with Crippen LogP contribution in [0, 0.1) is 4.77 Å². The summed E-state index contributed by atoms with van der Waals surface area (Å²) in [5, 5.41) is 0.544. The van der Waals surface area contributed by atoms with Crippen molar-refractivity contribution in [3.05, 3.63) is 39.4 Å². The van der Waals surface area contributed by atoms with Gasteiger partial charge in [-0.1, -0.05) is 12.1 Å². The van der Waals surface area contributed by atoms with Crippen LogP contribution in [0.1, 0.15) is 0 Å². The van der Waals surface area contributed by atoms with E-state index in [9.17, 15) is 9.59 Å². The van der Waals surface area contributed by atoms with Gasteiger partial charge in [-0.05, 0) is 31.4 Å². The molecule has 0 aliphatic carbocycles. The number of nitrogens with zero attached hydrogens (tertiary/aromatic N) is 3. The summed E-state index contributed by atoms with van der Waals surface area (Å²) in [7, 11) is 2.03. The van der Waals surface area contributed by atoms with Gasteiger partial charge in [-0.2, -0.15) is 0 Å². The normalized spacial score (nSPS) is 16.1. The molecule has 2 aromatic rings. The molecular weight excluding hydrogens is 300 g/mol. The first kappa shape index (κ1) is 14.9. The molecule has 6 nitrogen and oxygen atoms in total. The van der Waals surface area contributed by atoms with E-state index in [-0.39, 0.29) is 22.8 Å². The molecule has 116 valence electrons. The van der Waals surface area contributed by atoms with E-state index in [1.807, 2.05) is 13.1 Å². The number of aromatic amines is 1. The van der Waals surface area contributed by atoms with Crippen molar-refractivity contribution < 1.29 is 4.79 Å². The molecule has 1 aromatic carbocycles. The van der Waals surface area contributed by atoms with Crippen LogP contribution in [0.15, 0.2) is 29.1 Å². The number of rotatable bonds is 2. The van der Waals surface area contributed by atoms with Crippen molar-refractivity contribution in [1.29, 1.82) is 0 Å². The van der Waals surface area contributed by atoms with Gasteiger partial charge in [0, 0.05) is 26.2 Å². The van der Waals surface area contributed by atoms with Crippen LogP contribution in [0.3, 0.4) is 0 Å². The minimum absolute atomic E-state index is 0.0112. The third-order valence-electron chi connectivity index (χ3n) is 4.04. The van der Waals surface area contributed by atoms with Crippen molar-refractivity contribution in [3.63, 3.8) is 0 Å². The number of hydrogen-bond acceptors (Lipinski definition) is 4. The largest absolute Gasteiger partial charge is 0.339 e. The van der Waals surface area contributed by atoms with E-state index in [0.29, 0.717) is 24.0 Å². The van der Waals surface area contributed by atoms with E-state index in [2.05, 4.69) is 9.88 Å². The fourth-order valence-electron chi connectivity index (χ4n) is 2.63. The van der Waals surface area contributed by atoms with Crippen LogP contribution in [0.25, 0.3) is 10.9 Å². The van der Waals surface area contributed by atoms with E-state index < -0.39 is 0 Å². The second kappa shape index (κ2) is 6.02. The van der Waals surface area contributed by atoms with Crippen molar-refractivity contribution in [2.24, 2.45) is 0 Å². The molecule has 0 atom stereocenters. The van der Waals surface area contributed by atoms with Gasteiger partial charge in [-0.15, -0.1) is 0 Å². The molecular formula is C15H18N4O2S. The Labute approximate surface area is 133 Å². The monoisotopic (exact) mass is 318 g/mol. The zero-order valence-electron chi connectivity index (χ0n) is 12.4. The predicted octanol–water partition coefficient (Wildman–Crippen LogP) is 0.833. The number of nitrogens with one attached hydrogen (secondary N) is 1. The molecule has 1 aliphatic rings. The fourth-order valence-corrected chi connectivity index (χ4v) is 2.89. The molecule has 1 saturated heterocycles. The highest BCUT2D eigenvalue weighted by molar-refractivity contribution is 7.71. The van der Waals surface area contributed by atoms with E-state index >= 15 is 0 Å². The lowest BCUT2D eigenvalue weighted by molar-refractivity contribution is -0.133. The Bertz CT molecular complexity index is 818. The van der Waals surface area contributed by atoms with Gasteiger partial charge in [-0.25, -0.2) is 0 Å². The van der Waals surface area contributed by atoms with Crippen LogP contribution in [0.2, 0.25) is 0 Å². The zero-order valence-corrected chi connectivity index (χ0v) is 13.2. The van der Waals surface area contributed by atoms with Gasteiger partial charge in [-0.3, -0.25) is 14.2 Å². The number of likely N-dealkylation sites (N-methyl/N-ethyl adjacent to an activating group) is 1. The van der Waals surface area contributed by atoms with Crippen LogP contribution in [-0.2, 0) is 11.3 Å². The van der Waals surface area contributed by atoms with E-state index in [1.54, 1.807) is 23.1 Å². The Hall–Kier alpha value is -1.99. The zero-order chi connectivity index (χ0) is 15.7. The molecule has 7 heteroatoms. The van der Waals surface area contributed by atoms with Crippen molar-refractivity contribution in [2.45, 2.75) is 6.54 Å². The Morgan fingerprint density at radius 1 is 1.23 bits per heavy atom. The number of piperazine rings is 1. The maximum absolute atomic E-state index is 12.5. The number of benzene rings is 1. The first-order valence-corrected chi connectivity index (χ1v) is 7.65. The summed E-state index contributed by atoms with van der Waals surface area (Å²) >= 11 is 5.23. The summed E-state index contributed by atoms with van der Waals surface area (Å²) in [5.74, 6) is -0.0648. The van der Waals surface area contributed by atoms with Crippen LogP contribution in [0.4, 0.5) is 0 Å². The van der Waals surface area contributed by atoms with Gasteiger partial charge in [0.15, 0.2) is 4.77 Å². The van der Waals surface area contributed by atoms with Gasteiger partial charge >= 0.3 is 0 Å². The topological polar surface area (TPSA) is 61.3 Å². The number of amides is 1. The van der Waals surface area contributed by atoms with Crippen molar-refractivity contribution in [1.82, 2.24) is 19.4 Å². The molecule has 22 heavy (non-hydrogen) atoms. The highest BCUT2D eigenvalue weighted by Crippen LogP contribution is 2.07. The quantitative estimate of drug-likeness (QED) is 0.834. The summed E-state index contributed by atoms with van der Waals surface area (Å²) in [6.45, 7) is 3.07. The molecule has 0 radical (unpaired) electrons. The summed E-state index contributed by atoms with van der Waals surface area (Å²) < 4.78 is 1.63. The average Bonchev–Trinajstić information content (AvgIpc) is 2.52. The van der Waals surface area contributed by atoms with Gasteiger partial charge in [0.1, 0.15) is 6.54 Å². The van der Waals surface area contributed by atoms with E-state index in [1.165, 1.54) is 4.57 Å². The number of fused-ring (bicyclic) bond motifs is 1. The second-order valence-electron chi connectivity index (χ2n) is 5.55. The molecule has 0 unspecified atom stereocenters. The minimum atomic E-state index is -0.221. The third kappa shape index (κ3) is 2.82. The highest BCUT2D eigenvalue weighted by Gasteiger charge is 2.20. The van der Waals surface area contributed by atoms with Gasteiger partial charge < -0.3 is 14.8 Å². The van der Waals surface area contributed by atoms with E-state index in [0.717, 1.165) is 13.1 Å². The van der Waals surface area contributed by atoms with Crippen molar-refractivity contribution in [3.8, 4) is 0 Å². The predicted molar refractivity (Wildman–Crippen MR) is 87.5 cm³/mol. The molecule has 0 saturated carbocycles. The van der Waals surface area contributed by atoms with Crippen molar-refractivity contribution >= 4 is 29.0 Å². The first-order chi connectivity index (χ1) is 10.6. The Morgan fingerprint density at radius 3 is 2.64 bits per heavy atom. The molecule has 1 amide bonds. The van der Waals surface area contributed by atoms with Crippen LogP contribution in [-0.4, -0.2) is 58.5 Å². The number of H-pyrrole nitrogens is 1. The minimum Gasteiger partial charge on any atom is -0.339 e. The van der Waals surface area contributed by atoms with Crippen LogP contribution < -0.4 is 5.56 Å². The van der Waals surface area contributed by atoms with E-state index in [4.69, 9.17) is 12.2 Å². The lowest BCUT2D eigenvalue weighted by Crippen LogP contribution is -2.48. The summed E-state index contributed by atoms with van der Waals surface area (Å²) in [4.78, 5) is 31.9. The molecule has 3 rings (SSSR count). The molecule has 2 heterocycles. The molecule has 1 fully saturated rings. The standard InChI is InChI=1S/C15H18N4O2S/c1-17-6-8-18(9-7-17)13(20)10-19-14(21)11-4-2-3-5-12(11)16-15(19)22/h2-5H,6-10H2,1H3,(H,16,22). The van der Waals surface area contributed by atoms with Crippen LogP contribution in [0.5, 0.6) is 0 Å². The first-order valence-electron chi connectivity index (χ1n) is 7.24. The maximum atomic E-state index is 12.5. The average molecular weight is 318 g/mol. The molecule has 1 N–H and O–H groups in total. The molecule has 1 aliphatic heterocycles. The fraction of sp³-hybridized carbons (Fsp3) is 0.400. The number of para-hydroxylation sites is 1. The smallest absolute Gasteiger partial charge is 0.262 e. The highest BCUT2D eigenvalue weighted by atomic mass is 32.1. The number of carbonyl (C=O) groups is 1. The van der Waals surface area contributed by atoms with Gasteiger partial charge in [0.25, 0.3) is 5.56 Å². The number of hydrogen-bond donors (Lipinski definition) is 1. The lowest BCUT2D eigenvalue weighted by Gasteiger charge is -2.32. The van der Waals surface area contributed by atoms with Gasteiger partial charge in [0.2, 0.25) is 5.91 Å². The van der Waals surface area contributed by atoms with Crippen molar-refractivity contribution in [2.75, 3.05) is 33.2 Å². The molecule has 0 bridgehead atoms. The Morgan fingerprint density at radius 2 is 1.91 bits per heavy atom. The second-order valence-corrected chi connectivity index (χ2v) is 5.94. The Kier molecular flexibility index (Phi) is 4.08. The Balaban J connectivity index is 1.89. The lowest BCUT2D eigenvalue weighted by atomic mass is 10.2. The summed E-state index contributed by atoms with van der Waals surface area (Å²) in [6.07, 6.45) is 0. The number of aromatic nitrogens is 2. The van der Waals surface area contributed by atoms with Crippen LogP contribution >= 0.6 is 12.2 Å². The molecule has 1 aromatic heterocycles. The third-order valence-corrected chi connectivity index (χ3v) is 4.36. The van der Waals surface area contributed by atoms with Gasteiger partial charge in [0.05, 0.1) is 10.9 Å². The summed E-state index contributed by atoms with van der Waals surface area (Å²) in [6, 6.07) is 7.18. The number of carbonyl (C=O) groups excluding carboxylic acids is 1. The molecule has 0 spiro atoms. The maximum Gasteiger partial charge on any atom is 0.262 e. The SMILES string of the molecule is CN1CCN(C(=O)Cn2c(=S)[nH]c3ccccc3c2=O)CC1. The summed E-state index contributed by atoms with van der Waals surface area (Å²) in [5.41, 5.74) is 0.475.